The third-order valence-corrected chi connectivity index (χ3v) is 2.53. The first-order valence-electron chi connectivity index (χ1n) is 6.12. The molecule has 0 unspecified atom stereocenters. The quantitative estimate of drug-likeness (QED) is 0.668. The molecule has 0 aromatic heterocycles. The molecule has 1 aliphatic heterocycles. The fourth-order valence-electron chi connectivity index (χ4n) is 1.67. The molecule has 0 bridgehead atoms. The summed E-state index contributed by atoms with van der Waals surface area (Å²) < 4.78 is 5.29. The van der Waals surface area contributed by atoms with Crippen LogP contribution in [0.4, 0.5) is 4.79 Å². The van der Waals surface area contributed by atoms with Crippen LogP contribution in [-0.4, -0.2) is 36.2 Å². The van der Waals surface area contributed by atoms with E-state index in [9.17, 15) is 4.79 Å². The number of nitriles is 2. The molecule has 0 spiro atoms. The smallest absolute Gasteiger partial charge is 0.410 e. The van der Waals surface area contributed by atoms with Gasteiger partial charge >= 0.3 is 6.09 Å². The van der Waals surface area contributed by atoms with Crippen LogP contribution in [0.2, 0.25) is 0 Å². The molecule has 0 radical (unpaired) electrons. The summed E-state index contributed by atoms with van der Waals surface area (Å²) in [5.74, 6) is 0. The second kappa shape index (κ2) is 6.10. The molecule has 6 nitrogen and oxygen atoms in total. The molecule has 0 saturated carbocycles. The Bertz CT molecular complexity index is 447. The Kier molecular flexibility index (Phi) is 4.77. The number of hydrogen-bond donors (Lipinski definition) is 1. The lowest BCUT2D eigenvalue weighted by atomic mass is 10.2. The van der Waals surface area contributed by atoms with E-state index < -0.39 is 5.60 Å². The average molecular weight is 262 g/mol. The fourth-order valence-corrected chi connectivity index (χ4v) is 1.67. The summed E-state index contributed by atoms with van der Waals surface area (Å²) in [6.07, 6.45) is 0.0846. The topological polar surface area (TPSA) is 89.2 Å². The Labute approximate surface area is 113 Å². The minimum atomic E-state index is -0.528. The van der Waals surface area contributed by atoms with E-state index in [1.54, 1.807) is 4.90 Å². The van der Waals surface area contributed by atoms with Crippen molar-refractivity contribution < 1.29 is 9.53 Å². The van der Waals surface area contributed by atoms with Crippen molar-refractivity contribution in [2.75, 3.05) is 19.6 Å². The third kappa shape index (κ3) is 4.51. The van der Waals surface area contributed by atoms with Gasteiger partial charge in [0.15, 0.2) is 0 Å². The number of nitrogens with zero attached hydrogens (tertiary/aromatic N) is 3. The van der Waals surface area contributed by atoms with Gasteiger partial charge in [-0.25, -0.2) is 4.79 Å². The SMILES string of the molecule is CC(C)(C)OC(=O)N1CCNC(=C(C#N)C#N)CC1. The lowest BCUT2D eigenvalue weighted by Crippen LogP contribution is -2.38. The molecule has 1 saturated heterocycles. The van der Waals surface area contributed by atoms with Gasteiger partial charge in [-0.2, -0.15) is 10.5 Å². The zero-order valence-electron chi connectivity index (χ0n) is 11.5. The van der Waals surface area contributed by atoms with E-state index in [4.69, 9.17) is 15.3 Å². The molecule has 1 N–H and O–H groups in total. The highest BCUT2D eigenvalue weighted by Gasteiger charge is 2.24. The van der Waals surface area contributed by atoms with E-state index in [2.05, 4.69) is 5.32 Å². The van der Waals surface area contributed by atoms with Gasteiger partial charge in [0.25, 0.3) is 0 Å². The number of hydrogen-bond acceptors (Lipinski definition) is 5. The molecule has 102 valence electrons. The van der Waals surface area contributed by atoms with E-state index in [-0.39, 0.29) is 11.7 Å². The average Bonchev–Trinajstić information content (AvgIpc) is 2.54. The third-order valence-electron chi connectivity index (χ3n) is 2.53. The Morgan fingerprint density at radius 1 is 1.32 bits per heavy atom. The molecule has 0 aromatic rings. The van der Waals surface area contributed by atoms with Crippen LogP contribution in [0.1, 0.15) is 27.2 Å². The standard InChI is InChI=1S/C13H18N4O2/c1-13(2,3)19-12(18)17-6-4-11(16-5-7-17)10(8-14)9-15/h16H,4-7H2,1-3H3. The number of amides is 1. The molecule has 0 aromatic carbocycles. The highest BCUT2D eigenvalue weighted by Crippen LogP contribution is 2.14. The van der Waals surface area contributed by atoms with E-state index in [0.29, 0.717) is 31.8 Å². The first kappa shape index (κ1) is 14.8. The molecule has 0 atom stereocenters. The molecule has 19 heavy (non-hydrogen) atoms. The highest BCUT2D eigenvalue weighted by molar-refractivity contribution is 5.68. The zero-order chi connectivity index (χ0) is 14.5. The van der Waals surface area contributed by atoms with Crippen molar-refractivity contribution in [2.24, 2.45) is 0 Å². The Hall–Kier alpha value is -2.21. The van der Waals surface area contributed by atoms with Gasteiger partial charge in [0, 0.05) is 31.8 Å². The molecule has 1 heterocycles. The van der Waals surface area contributed by atoms with Gasteiger partial charge in [-0.05, 0) is 20.8 Å². The number of nitrogens with one attached hydrogen (secondary N) is 1. The molecule has 1 fully saturated rings. The van der Waals surface area contributed by atoms with Gasteiger partial charge < -0.3 is 15.0 Å². The lowest BCUT2D eigenvalue weighted by Gasteiger charge is -2.25. The second-order valence-electron chi connectivity index (χ2n) is 5.22. The predicted octanol–water partition coefficient (Wildman–Crippen LogP) is 1.52. The maximum absolute atomic E-state index is 11.9. The summed E-state index contributed by atoms with van der Waals surface area (Å²) in [4.78, 5) is 13.5. The number of allylic oxidation sites excluding steroid dienone is 1. The largest absolute Gasteiger partial charge is 0.444 e. The van der Waals surface area contributed by atoms with Crippen LogP contribution in [0.25, 0.3) is 0 Å². The van der Waals surface area contributed by atoms with Crippen LogP contribution in [0.5, 0.6) is 0 Å². The molecule has 0 aliphatic carbocycles. The van der Waals surface area contributed by atoms with Crippen molar-refractivity contribution in [1.82, 2.24) is 10.2 Å². The number of carbonyl (C=O) groups excluding carboxylic acids is 1. The maximum atomic E-state index is 11.9. The maximum Gasteiger partial charge on any atom is 0.410 e. The van der Waals surface area contributed by atoms with Gasteiger partial charge in [0.1, 0.15) is 23.3 Å². The second-order valence-corrected chi connectivity index (χ2v) is 5.22. The van der Waals surface area contributed by atoms with Crippen molar-refractivity contribution >= 4 is 6.09 Å². The zero-order valence-corrected chi connectivity index (χ0v) is 11.5. The summed E-state index contributed by atoms with van der Waals surface area (Å²) in [5.41, 5.74) is 0.141. The number of carbonyl (C=O) groups is 1. The molecule has 1 rings (SSSR count). The Morgan fingerprint density at radius 2 is 1.95 bits per heavy atom. The van der Waals surface area contributed by atoms with Crippen LogP contribution >= 0.6 is 0 Å². The van der Waals surface area contributed by atoms with Crippen LogP contribution in [-0.2, 0) is 4.74 Å². The minimum absolute atomic E-state index is 0.0750. The van der Waals surface area contributed by atoms with Crippen molar-refractivity contribution in [3.63, 3.8) is 0 Å². The summed E-state index contributed by atoms with van der Waals surface area (Å²) in [6.45, 7) is 6.87. The highest BCUT2D eigenvalue weighted by atomic mass is 16.6. The van der Waals surface area contributed by atoms with Gasteiger partial charge in [-0.3, -0.25) is 0 Å². The Morgan fingerprint density at radius 3 is 2.47 bits per heavy atom. The van der Waals surface area contributed by atoms with Gasteiger partial charge in [0.05, 0.1) is 0 Å². The van der Waals surface area contributed by atoms with E-state index >= 15 is 0 Å². The molecular weight excluding hydrogens is 244 g/mol. The fraction of sp³-hybridized carbons (Fsp3) is 0.615. The molecular formula is C13H18N4O2. The van der Waals surface area contributed by atoms with Crippen molar-refractivity contribution in [3.8, 4) is 12.1 Å². The first-order valence-corrected chi connectivity index (χ1v) is 6.12. The van der Waals surface area contributed by atoms with Crippen LogP contribution in [0.3, 0.4) is 0 Å². The monoisotopic (exact) mass is 262 g/mol. The molecule has 1 amide bonds. The molecule has 6 heteroatoms. The molecule has 1 aliphatic rings. The van der Waals surface area contributed by atoms with E-state index in [1.807, 2.05) is 32.9 Å². The minimum Gasteiger partial charge on any atom is -0.444 e. The summed E-state index contributed by atoms with van der Waals surface area (Å²) >= 11 is 0. The van der Waals surface area contributed by atoms with Crippen molar-refractivity contribution in [1.29, 1.82) is 10.5 Å². The van der Waals surface area contributed by atoms with Crippen LogP contribution < -0.4 is 5.32 Å². The van der Waals surface area contributed by atoms with Crippen LogP contribution in [0.15, 0.2) is 11.3 Å². The first-order chi connectivity index (χ1) is 8.87. The van der Waals surface area contributed by atoms with Crippen LogP contribution in [0, 0.1) is 22.7 Å². The number of ether oxygens (including phenoxy) is 1. The van der Waals surface area contributed by atoms with Gasteiger partial charge in [0.2, 0.25) is 0 Å². The predicted molar refractivity (Wildman–Crippen MR) is 68.7 cm³/mol. The summed E-state index contributed by atoms with van der Waals surface area (Å²) in [6, 6.07) is 3.71. The van der Waals surface area contributed by atoms with Crippen molar-refractivity contribution in [2.45, 2.75) is 32.8 Å². The summed E-state index contributed by atoms with van der Waals surface area (Å²) in [7, 11) is 0. The van der Waals surface area contributed by atoms with Gasteiger partial charge in [-0.1, -0.05) is 0 Å². The summed E-state index contributed by atoms with van der Waals surface area (Å²) in [5, 5.41) is 20.7. The van der Waals surface area contributed by atoms with Crippen molar-refractivity contribution in [3.05, 3.63) is 11.3 Å². The normalized spacial score (nSPS) is 15.6. The van der Waals surface area contributed by atoms with E-state index in [0.717, 1.165) is 0 Å². The lowest BCUT2D eigenvalue weighted by molar-refractivity contribution is 0.0263. The number of rotatable bonds is 0. The Balaban J connectivity index is 2.71. The van der Waals surface area contributed by atoms with E-state index in [1.165, 1.54) is 0 Å². The van der Waals surface area contributed by atoms with Gasteiger partial charge in [-0.15, -0.1) is 0 Å².